The summed E-state index contributed by atoms with van der Waals surface area (Å²) >= 11 is 0. The quantitative estimate of drug-likeness (QED) is 0.857. The van der Waals surface area contributed by atoms with Gasteiger partial charge in [0.1, 0.15) is 5.75 Å². The van der Waals surface area contributed by atoms with E-state index in [4.69, 9.17) is 4.74 Å². The van der Waals surface area contributed by atoms with Gasteiger partial charge in [-0.15, -0.1) is 0 Å². The van der Waals surface area contributed by atoms with Crippen molar-refractivity contribution in [3.63, 3.8) is 0 Å². The Labute approximate surface area is 101 Å². The van der Waals surface area contributed by atoms with Crippen LogP contribution in [0.1, 0.15) is 18.2 Å². The Morgan fingerprint density at radius 3 is 3.06 bits per heavy atom. The van der Waals surface area contributed by atoms with Crippen molar-refractivity contribution in [1.82, 2.24) is 9.88 Å². The van der Waals surface area contributed by atoms with Crippen LogP contribution in [0.3, 0.4) is 0 Å². The number of methoxy groups -OCH3 is 1. The van der Waals surface area contributed by atoms with E-state index in [1.54, 1.807) is 7.11 Å². The molecule has 0 bridgehead atoms. The van der Waals surface area contributed by atoms with Gasteiger partial charge in [0.05, 0.1) is 12.6 Å². The molecule has 2 aromatic rings. The molecule has 1 aromatic carbocycles. The van der Waals surface area contributed by atoms with Crippen molar-refractivity contribution in [2.45, 2.75) is 26.4 Å². The topological polar surface area (TPSA) is 26.2 Å². The van der Waals surface area contributed by atoms with Crippen LogP contribution in [0.15, 0.2) is 18.2 Å². The number of rotatable bonds is 2. The Morgan fingerprint density at radius 2 is 2.29 bits per heavy atom. The third-order valence-electron chi connectivity index (χ3n) is 3.65. The molecule has 0 atom stereocenters. The maximum absolute atomic E-state index is 5.32. The predicted molar refractivity (Wildman–Crippen MR) is 69.6 cm³/mol. The maximum Gasteiger partial charge on any atom is 0.120 e. The molecule has 0 radical (unpaired) electrons. The number of aryl methyl sites for hydroxylation is 1. The Hall–Kier alpha value is -1.48. The molecule has 0 amide bonds. The molecule has 2 heterocycles. The van der Waals surface area contributed by atoms with E-state index in [9.17, 15) is 0 Å². The smallest absolute Gasteiger partial charge is 0.120 e. The second-order valence-electron chi connectivity index (χ2n) is 4.48. The minimum atomic E-state index is 0.940. The number of hydrogen-bond donors (Lipinski definition) is 1. The van der Waals surface area contributed by atoms with Crippen molar-refractivity contribution >= 4 is 10.9 Å². The molecule has 0 saturated carbocycles. The molecule has 0 aliphatic carbocycles. The molecule has 1 aliphatic rings. The van der Waals surface area contributed by atoms with E-state index in [-0.39, 0.29) is 0 Å². The van der Waals surface area contributed by atoms with Crippen molar-refractivity contribution in [1.29, 1.82) is 0 Å². The lowest BCUT2D eigenvalue weighted by Gasteiger charge is -2.15. The van der Waals surface area contributed by atoms with Gasteiger partial charge in [0.25, 0.3) is 0 Å². The molecule has 90 valence electrons. The molecule has 1 N–H and O–H groups in total. The van der Waals surface area contributed by atoms with Crippen LogP contribution in [0, 0.1) is 0 Å². The molecular weight excluding hydrogens is 212 g/mol. The van der Waals surface area contributed by atoms with Crippen LogP contribution in [0.4, 0.5) is 0 Å². The summed E-state index contributed by atoms with van der Waals surface area (Å²) in [4.78, 5) is 0. The summed E-state index contributed by atoms with van der Waals surface area (Å²) in [7, 11) is 1.72. The van der Waals surface area contributed by atoms with Crippen LogP contribution in [0.5, 0.6) is 5.75 Å². The summed E-state index contributed by atoms with van der Waals surface area (Å²) in [5, 5.41) is 4.82. The maximum atomic E-state index is 5.32. The van der Waals surface area contributed by atoms with E-state index in [0.29, 0.717) is 0 Å². The molecule has 17 heavy (non-hydrogen) atoms. The fraction of sp³-hybridized carbons (Fsp3) is 0.429. The number of nitrogens with one attached hydrogen (secondary N) is 1. The number of nitrogens with zero attached hydrogens (tertiary/aromatic N) is 1. The van der Waals surface area contributed by atoms with Gasteiger partial charge in [-0.3, -0.25) is 0 Å². The largest absolute Gasteiger partial charge is 0.497 e. The highest BCUT2D eigenvalue weighted by Gasteiger charge is 2.18. The second kappa shape index (κ2) is 4.08. The van der Waals surface area contributed by atoms with Crippen molar-refractivity contribution in [3.05, 3.63) is 29.5 Å². The van der Waals surface area contributed by atoms with Crippen LogP contribution in [-0.2, 0) is 19.5 Å². The zero-order chi connectivity index (χ0) is 11.8. The number of fused-ring (bicyclic) bond motifs is 3. The molecular formula is C14H18N2O. The SMILES string of the molecule is CCn1c2c(c3ccc(OC)cc31)CNCC2. The van der Waals surface area contributed by atoms with E-state index in [0.717, 1.165) is 31.8 Å². The van der Waals surface area contributed by atoms with Gasteiger partial charge in [0.2, 0.25) is 0 Å². The lowest BCUT2D eigenvalue weighted by molar-refractivity contribution is 0.415. The Kier molecular flexibility index (Phi) is 2.56. The first kappa shape index (κ1) is 10.7. The van der Waals surface area contributed by atoms with Gasteiger partial charge in [-0.1, -0.05) is 0 Å². The first-order valence-electron chi connectivity index (χ1n) is 6.24. The highest BCUT2D eigenvalue weighted by molar-refractivity contribution is 5.87. The normalized spacial score (nSPS) is 14.9. The van der Waals surface area contributed by atoms with Crippen molar-refractivity contribution in [2.75, 3.05) is 13.7 Å². The van der Waals surface area contributed by atoms with Crippen molar-refractivity contribution in [2.24, 2.45) is 0 Å². The summed E-state index contributed by atoms with van der Waals surface area (Å²) < 4.78 is 7.75. The monoisotopic (exact) mass is 230 g/mol. The molecule has 0 fully saturated rings. The predicted octanol–water partition coefficient (Wildman–Crippen LogP) is 2.32. The van der Waals surface area contributed by atoms with Gasteiger partial charge in [-0.25, -0.2) is 0 Å². The molecule has 1 aliphatic heterocycles. The highest BCUT2D eigenvalue weighted by atomic mass is 16.5. The van der Waals surface area contributed by atoms with Gasteiger partial charge in [-0.05, 0) is 24.6 Å². The lowest BCUT2D eigenvalue weighted by atomic mass is 10.1. The average Bonchev–Trinajstić information content (AvgIpc) is 2.71. The molecule has 0 unspecified atom stereocenters. The third-order valence-corrected chi connectivity index (χ3v) is 3.65. The van der Waals surface area contributed by atoms with E-state index in [2.05, 4.69) is 35.0 Å². The Morgan fingerprint density at radius 1 is 1.41 bits per heavy atom. The number of aromatic nitrogens is 1. The zero-order valence-electron chi connectivity index (χ0n) is 10.4. The first-order valence-corrected chi connectivity index (χ1v) is 6.24. The van der Waals surface area contributed by atoms with Crippen LogP contribution in [0.2, 0.25) is 0 Å². The molecule has 3 rings (SSSR count). The number of benzene rings is 1. The summed E-state index contributed by atoms with van der Waals surface area (Å²) in [5.41, 5.74) is 4.27. The molecule has 3 heteroatoms. The van der Waals surface area contributed by atoms with E-state index >= 15 is 0 Å². The third kappa shape index (κ3) is 1.53. The minimum absolute atomic E-state index is 0.940. The van der Waals surface area contributed by atoms with Gasteiger partial charge in [0, 0.05) is 43.2 Å². The van der Waals surface area contributed by atoms with Gasteiger partial charge < -0.3 is 14.6 Å². The zero-order valence-corrected chi connectivity index (χ0v) is 10.4. The summed E-state index contributed by atoms with van der Waals surface area (Å²) in [6.45, 7) is 5.31. The summed E-state index contributed by atoms with van der Waals surface area (Å²) in [6, 6.07) is 6.39. The van der Waals surface area contributed by atoms with Gasteiger partial charge in [-0.2, -0.15) is 0 Å². The van der Waals surface area contributed by atoms with Crippen LogP contribution >= 0.6 is 0 Å². The molecule has 0 saturated heterocycles. The lowest BCUT2D eigenvalue weighted by Crippen LogP contribution is -2.24. The van der Waals surface area contributed by atoms with E-state index in [1.807, 2.05) is 0 Å². The molecule has 1 aromatic heterocycles. The van der Waals surface area contributed by atoms with Crippen molar-refractivity contribution in [3.8, 4) is 5.75 Å². The van der Waals surface area contributed by atoms with Crippen LogP contribution < -0.4 is 10.1 Å². The summed E-state index contributed by atoms with van der Waals surface area (Å²) in [6.07, 6.45) is 1.13. The van der Waals surface area contributed by atoms with Crippen LogP contribution in [0.25, 0.3) is 10.9 Å². The fourth-order valence-corrected chi connectivity index (χ4v) is 2.85. The first-order chi connectivity index (χ1) is 8.35. The van der Waals surface area contributed by atoms with Gasteiger partial charge in [0.15, 0.2) is 0 Å². The Balaban J connectivity index is 2.30. The number of hydrogen-bond acceptors (Lipinski definition) is 2. The minimum Gasteiger partial charge on any atom is -0.497 e. The van der Waals surface area contributed by atoms with E-state index < -0.39 is 0 Å². The van der Waals surface area contributed by atoms with Crippen molar-refractivity contribution < 1.29 is 4.74 Å². The highest BCUT2D eigenvalue weighted by Crippen LogP contribution is 2.31. The Bertz CT molecular complexity index is 557. The molecule has 0 spiro atoms. The second-order valence-corrected chi connectivity index (χ2v) is 4.48. The average molecular weight is 230 g/mol. The van der Waals surface area contributed by atoms with Crippen LogP contribution in [-0.4, -0.2) is 18.2 Å². The fourth-order valence-electron chi connectivity index (χ4n) is 2.85. The summed E-state index contributed by atoms with van der Waals surface area (Å²) in [5.74, 6) is 0.940. The van der Waals surface area contributed by atoms with E-state index in [1.165, 1.54) is 22.2 Å². The standard InChI is InChI=1S/C14H18N2O/c1-3-16-13-6-7-15-9-12(13)11-5-4-10(17-2)8-14(11)16/h4-5,8,15H,3,6-7,9H2,1-2H3. The molecule has 3 nitrogen and oxygen atoms in total. The number of ether oxygens (including phenoxy) is 1. The van der Waals surface area contributed by atoms with Gasteiger partial charge >= 0.3 is 0 Å².